The largest absolute Gasteiger partial charge is 0.443 e. The van der Waals surface area contributed by atoms with Crippen molar-refractivity contribution in [3.63, 3.8) is 0 Å². The van der Waals surface area contributed by atoms with Crippen LogP contribution in [0.2, 0.25) is 0 Å². The number of benzene rings is 3. The van der Waals surface area contributed by atoms with Crippen LogP contribution < -0.4 is 10.3 Å². The lowest BCUT2D eigenvalue weighted by atomic mass is 10.00. The molecule has 1 N–H and O–H groups in total. The molecule has 1 aliphatic rings. The lowest BCUT2D eigenvalue weighted by Crippen LogP contribution is -2.39. The molecule has 1 aliphatic heterocycles. The van der Waals surface area contributed by atoms with Gasteiger partial charge in [0.1, 0.15) is 5.60 Å². The number of anilines is 2. The fraction of sp³-hybridized carbons (Fsp3) is 0.259. The van der Waals surface area contributed by atoms with Crippen LogP contribution in [0.25, 0.3) is 0 Å². The second-order valence-corrected chi connectivity index (χ2v) is 8.84. The number of hydrazone groups is 1. The van der Waals surface area contributed by atoms with Crippen LogP contribution >= 0.6 is 0 Å². The first-order valence-electron chi connectivity index (χ1n) is 11.0. The Balaban J connectivity index is 1.67. The first-order valence-corrected chi connectivity index (χ1v) is 11.0. The minimum Gasteiger partial charge on any atom is -0.443 e. The van der Waals surface area contributed by atoms with E-state index in [-0.39, 0.29) is 6.09 Å². The van der Waals surface area contributed by atoms with E-state index in [0.717, 1.165) is 46.6 Å². The maximum Gasteiger partial charge on any atom is 0.414 e. The van der Waals surface area contributed by atoms with E-state index in [9.17, 15) is 4.79 Å². The Hall–Kier alpha value is -3.60. The van der Waals surface area contributed by atoms with Crippen LogP contribution in [0.15, 0.2) is 84.0 Å². The van der Waals surface area contributed by atoms with Gasteiger partial charge >= 0.3 is 6.09 Å². The summed E-state index contributed by atoms with van der Waals surface area (Å²) in [7, 11) is 0. The van der Waals surface area contributed by atoms with E-state index < -0.39 is 5.60 Å². The predicted molar refractivity (Wildman–Crippen MR) is 130 cm³/mol. The number of amides is 1. The van der Waals surface area contributed by atoms with E-state index in [4.69, 9.17) is 9.84 Å². The summed E-state index contributed by atoms with van der Waals surface area (Å²) in [4.78, 5) is 14.5. The van der Waals surface area contributed by atoms with Crippen LogP contribution in [0, 0.1) is 0 Å². The van der Waals surface area contributed by atoms with Crippen LogP contribution in [0.1, 0.15) is 43.9 Å². The molecule has 4 rings (SSSR count). The zero-order valence-corrected chi connectivity index (χ0v) is 18.8. The monoisotopic (exact) mass is 427 g/mol. The molecule has 0 bridgehead atoms. The number of carbonyl (C=O) groups excluding carboxylic acids is 1. The summed E-state index contributed by atoms with van der Waals surface area (Å²) >= 11 is 0. The quantitative estimate of drug-likeness (QED) is 0.396. The smallest absolute Gasteiger partial charge is 0.414 e. The Morgan fingerprint density at radius 2 is 1.53 bits per heavy atom. The van der Waals surface area contributed by atoms with Gasteiger partial charge < -0.3 is 4.74 Å². The molecule has 0 fully saturated rings. The van der Waals surface area contributed by atoms with E-state index >= 15 is 0 Å². The molecular weight excluding hydrogens is 398 g/mol. The summed E-state index contributed by atoms with van der Waals surface area (Å²) in [6, 6.07) is 26.2. The van der Waals surface area contributed by atoms with Gasteiger partial charge in [0.15, 0.2) is 0 Å². The van der Waals surface area contributed by atoms with Gasteiger partial charge in [-0.3, -0.25) is 10.3 Å². The molecule has 164 valence electrons. The number of nitrogens with one attached hydrogen (secondary N) is 1. The lowest BCUT2D eigenvalue weighted by molar-refractivity contribution is 0.0578. The average Bonchev–Trinajstić information content (AvgIpc) is 2.79. The van der Waals surface area contributed by atoms with Gasteiger partial charge in [0.05, 0.1) is 17.1 Å². The van der Waals surface area contributed by atoms with Crippen molar-refractivity contribution in [3.8, 4) is 0 Å². The Bertz CT molecular complexity index is 1060. The maximum absolute atomic E-state index is 12.8. The Labute approximate surface area is 189 Å². The number of hydrogen-bond acceptors (Lipinski definition) is 4. The predicted octanol–water partition coefficient (Wildman–Crippen LogP) is 6.24. The first kappa shape index (κ1) is 21.6. The van der Waals surface area contributed by atoms with E-state index in [1.807, 2.05) is 75.4 Å². The summed E-state index contributed by atoms with van der Waals surface area (Å²) in [5, 5.41) is 4.80. The molecule has 0 saturated heterocycles. The lowest BCUT2D eigenvalue weighted by Gasteiger charge is -2.32. The Morgan fingerprint density at radius 1 is 0.906 bits per heavy atom. The van der Waals surface area contributed by atoms with Crippen LogP contribution in [-0.4, -0.2) is 24.0 Å². The molecule has 0 aromatic heterocycles. The first-order chi connectivity index (χ1) is 15.4. The third-order valence-electron chi connectivity index (χ3n) is 5.25. The van der Waals surface area contributed by atoms with Crippen molar-refractivity contribution in [1.82, 2.24) is 0 Å². The number of nitrogens with zero attached hydrogens (tertiary/aromatic N) is 2. The molecule has 0 radical (unpaired) electrons. The SMILES string of the molecule is CC(C)(C)OC(=O)N1CCCc2c(NN=C(c3ccccc3)c3ccccc3)cccc21. The van der Waals surface area contributed by atoms with E-state index in [1.54, 1.807) is 4.90 Å². The fourth-order valence-corrected chi connectivity index (χ4v) is 3.84. The fourth-order valence-electron chi connectivity index (χ4n) is 3.84. The van der Waals surface area contributed by atoms with Gasteiger partial charge in [-0.25, -0.2) is 4.79 Å². The van der Waals surface area contributed by atoms with Crippen LogP contribution in [0.5, 0.6) is 0 Å². The summed E-state index contributed by atoms with van der Waals surface area (Å²) in [6.45, 7) is 6.30. The summed E-state index contributed by atoms with van der Waals surface area (Å²) in [5.74, 6) is 0. The molecule has 0 unspecified atom stereocenters. The van der Waals surface area contributed by atoms with Crippen LogP contribution in [0.3, 0.4) is 0 Å². The topological polar surface area (TPSA) is 53.9 Å². The van der Waals surface area contributed by atoms with Crippen molar-refractivity contribution in [2.45, 2.75) is 39.2 Å². The van der Waals surface area contributed by atoms with Crippen molar-refractivity contribution in [2.75, 3.05) is 16.9 Å². The molecule has 0 aliphatic carbocycles. The van der Waals surface area contributed by atoms with Gasteiger partial charge in [-0.1, -0.05) is 66.7 Å². The average molecular weight is 428 g/mol. The number of rotatable bonds is 4. The zero-order chi connectivity index (χ0) is 22.6. The van der Waals surface area contributed by atoms with Gasteiger partial charge in [-0.15, -0.1) is 0 Å². The molecular formula is C27H29N3O2. The number of fused-ring (bicyclic) bond motifs is 1. The zero-order valence-electron chi connectivity index (χ0n) is 18.8. The van der Waals surface area contributed by atoms with Crippen molar-refractivity contribution in [2.24, 2.45) is 5.10 Å². The summed E-state index contributed by atoms with van der Waals surface area (Å²) in [5.41, 5.74) is 8.55. The molecule has 0 saturated carbocycles. The highest BCUT2D eigenvalue weighted by Crippen LogP contribution is 2.34. The molecule has 5 nitrogen and oxygen atoms in total. The minimum atomic E-state index is -0.533. The molecule has 1 heterocycles. The normalized spacial score (nSPS) is 13.2. The van der Waals surface area contributed by atoms with Crippen molar-refractivity contribution in [3.05, 3.63) is 95.6 Å². The molecule has 32 heavy (non-hydrogen) atoms. The second kappa shape index (κ2) is 9.27. The number of ether oxygens (including phenoxy) is 1. The highest BCUT2D eigenvalue weighted by Gasteiger charge is 2.28. The van der Waals surface area contributed by atoms with Gasteiger partial charge in [0, 0.05) is 23.2 Å². The second-order valence-electron chi connectivity index (χ2n) is 8.84. The molecule has 3 aromatic carbocycles. The van der Waals surface area contributed by atoms with E-state index in [2.05, 4.69) is 29.7 Å². The van der Waals surface area contributed by atoms with E-state index in [0.29, 0.717) is 6.54 Å². The van der Waals surface area contributed by atoms with Crippen molar-refractivity contribution >= 4 is 23.2 Å². The number of carbonyl (C=O) groups is 1. The van der Waals surface area contributed by atoms with Crippen LogP contribution in [0.4, 0.5) is 16.2 Å². The maximum atomic E-state index is 12.8. The molecule has 0 spiro atoms. The minimum absolute atomic E-state index is 0.312. The molecule has 3 aromatic rings. The standard InChI is InChI=1S/C27H29N3O2/c1-27(2,3)32-26(31)30-19-11-16-22-23(17-10-18-24(22)30)28-29-25(20-12-6-4-7-13-20)21-14-8-5-9-15-21/h4-10,12-15,17-18,28H,11,16,19H2,1-3H3. The van der Waals surface area contributed by atoms with Gasteiger partial charge in [-0.05, 0) is 45.7 Å². The van der Waals surface area contributed by atoms with Crippen molar-refractivity contribution < 1.29 is 9.53 Å². The Kier molecular flexibility index (Phi) is 6.26. The van der Waals surface area contributed by atoms with Gasteiger partial charge in [-0.2, -0.15) is 5.10 Å². The highest BCUT2D eigenvalue weighted by atomic mass is 16.6. The van der Waals surface area contributed by atoms with Crippen LogP contribution in [-0.2, 0) is 11.2 Å². The molecule has 0 atom stereocenters. The third-order valence-corrected chi connectivity index (χ3v) is 5.25. The summed E-state index contributed by atoms with van der Waals surface area (Å²) in [6.07, 6.45) is 1.44. The Morgan fingerprint density at radius 3 is 2.12 bits per heavy atom. The number of hydrogen-bond donors (Lipinski definition) is 1. The highest BCUT2D eigenvalue weighted by molar-refractivity contribution is 6.13. The van der Waals surface area contributed by atoms with Gasteiger partial charge in [0.25, 0.3) is 0 Å². The van der Waals surface area contributed by atoms with E-state index in [1.165, 1.54) is 0 Å². The molecule has 1 amide bonds. The summed E-state index contributed by atoms with van der Waals surface area (Å²) < 4.78 is 5.63. The molecule has 5 heteroatoms. The van der Waals surface area contributed by atoms with Crippen molar-refractivity contribution in [1.29, 1.82) is 0 Å². The third kappa shape index (κ3) is 4.99. The van der Waals surface area contributed by atoms with Gasteiger partial charge in [0.2, 0.25) is 0 Å².